The first-order valence-electron chi connectivity index (χ1n) is 13.0. The number of hydrogen-bond donors (Lipinski definition) is 3. The number of carbonyl (C=O) groups excluding carboxylic acids is 1. The highest BCUT2D eigenvalue weighted by atomic mass is 19.1. The van der Waals surface area contributed by atoms with Gasteiger partial charge in [-0.3, -0.25) is 9.59 Å². The van der Waals surface area contributed by atoms with E-state index in [4.69, 9.17) is 14.9 Å². The van der Waals surface area contributed by atoms with E-state index in [1.54, 1.807) is 47.0 Å². The van der Waals surface area contributed by atoms with E-state index < -0.39 is 30.4 Å². The molecule has 210 valence electrons. The molecule has 3 aromatic rings. The Labute approximate surface area is 227 Å². The van der Waals surface area contributed by atoms with Crippen LogP contribution in [0.15, 0.2) is 48.5 Å². The first kappa shape index (κ1) is 29.8. The van der Waals surface area contributed by atoms with Crippen molar-refractivity contribution in [2.75, 3.05) is 18.6 Å². The zero-order valence-electron chi connectivity index (χ0n) is 22.7. The Hall–Kier alpha value is -3.76. The van der Waals surface area contributed by atoms with E-state index in [0.29, 0.717) is 34.9 Å². The molecule has 0 spiro atoms. The number of aromatic nitrogens is 2. The third-order valence-corrected chi connectivity index (χ3v) is 6.47. The maximum atomic E-state index is 13.9. The van der Waals surface area contributed by atoms with Crippen molar-refractivity contribution in [1.29, 1.82) is 0 Å². The lowest BCUT2D eigenvalue weighted by atomic mass is 9.95. The summed E-state index contributed by atoms with van der Waals surface area (Å²) in [6.07, 6.45) is -2.22. The average Bonchev–Trinajstić information content (AvgIpc) is 3.27. The first-order chi connectivity index (χ1) is 18.5. The number of anilines is 1. The van der Waals surface area contributed by atoms with Crippen molar-refractivity contribution in [1.82, 2.24) is 9.78 Å². The van der Waals surface area contributed by atoms with Gasteiger partial charge in [0.15, 0.2) is 5.69 Å². The van der Waals surface area contributed by atoms with E-state index in [-0.39, 0.29) is 36.8 Å². The standard InChI is InChI=1S/C29H36FN3O6/c1-5-32(21-7-6-8-24(15-21)39-4)29(38)28-27(18(2)3)25(14-13-22(34)16-23(35)17-26(36)37)33(31-28)20-11-9-19(30)10-12-20/h6-12,15,18,22-23,34-35H,5,13-14,16-17H2,1-4H3,(H,36,37)/t22-,23-/m1/s1. The topological polar surface area (TPSA) is 125 Å². The lowest BCUT2D eigenvalue weighted by Crippen LogP contribution is -2.32. The minimum absolute atomic E-state index is 0.0980. The molecule has 0 aliphatic rings. The number of hydrogen-bond acceptors (Lipinski definition) is 6. The summed E-state index contributed by atoms with van der Waals surface area (Å²) in [7, 11) is 1.56. The molecule has 1 heterocycles. The summed E-state index contributed by atoms with van der Waals surface area (Å²) in [4.78, 5) is 26.4. The van der Waals surface area contributed by atoms with Crippen LogP contribution < -0.4 is 9.64 Å². The molecule has 0 aliphatic heterocycles. The molecule has 1 amide bonds. The smallest absolute Gasteiger partial charge is 0.305 e. The normalized spacial score (nSPS) is 12.8. The number of aliphatic hydroxyl groups is 2. The summed E-state index contributed by atoms with van der Waals surface area (Å²) in [6.45, 7) is 6.13. The van der Waals surface area contributed by atoms with Gasteiger partial charge in [0, 0.05) is 29.6 Å². The van der Waals surface area contributed by atoms with Gasteiger partial charge in [0.25, 0.3) is 5.91 Å². The number of benzene rings is 2. The van der Waals surface area contributed by atoms with Crippen molar-refractivity contribution in [3.63, 3.8) is 0 Å². The SMILES string of the molecule is CCN(C(=O)c1nn(-c2ccc(F)cc2)c(CC[C@@H](O)C[C@@H](O)CC(=O)O)c1C(C)C)c1cccc(OC)c1. The summed E-state index contributed by atoms with van der Waals surface area (Å²) >= 11 is 0. The van der Waals surface area contributed by atoms with Gasteiger partial charge in [0.2, 0.25) is 0 Å². The molecule has 39 heavy (non-hydrogen) atoms. The van der Waals surface area contributed by atoms with Gasteiger partial charge in [-0.05, 0) is 68.5 Å². The third kappa shape index (κ3) is 7.42. The van der Waals surface area contributed by atoms with Crippen LogP contribution in [-0.2, 0) is 11.2 Å². The monoisotopic (exact) mass is 541 g/mol. The van der Waals surface area contributed by atoms with Crippen LogP contribution in [0.3, 0.4) is 0 Å². The van der Waals surface area contributed by atoms with Crippen LogP contribution in [0, 0.1) is 5.82 Å². The fourth-order valence-corrected chi connectivity index (χ4v) is 4.64. The lowest BCUT2D eigenvalue weighted by Gasteiger charge is -2.22. The lowest BCUT2D eigenvalue weighted by molar-refractivity contribution is -0.139. The number of aliphatic carboxylic acids is 1. The number of carbonyl (C=O) groups is 2. The van der Waals surface area contributed by atoms with Crippen LogP contribution in [0.1, 0.15) is 67.7 Å². The fraction of sp³-hybridized carbons (Fsp3) is 0.414. The van der Waals surface area contributed by atoms with Crippen LogP contribution in [0.25, 0.3) is 5.69 Å². The molecule has 2 aromatic carbocycles. The quantitative estimate of drug-likeness (QED) is 0.294. The van der Waals surface area contributed by atoms with Crippen LogP contribution in [0.2, 0.25) is 0 Å². The Kier molecular flexibility index (Phi) is 10.2. The largest absolute Gasteiger partial charge is 0.497 e. The van der Waals surface area contributed by atoms with Crippen molar-refractivity contribution in [2.24, 2.45) is 0 Å². The highest BCUT2D eigenvalue weighted by Gasteiger charge is 2.29. The second kappa shape index (κ2) is 13.3. The second-order valence-electron chi connectivity index (χ2n) is 9.68. The van der Waals surface area contributed by atoms with Crippen molar-refractivity contribution in [3.8, 4) is 11.4 Å². The maximum Gasteiger partial charge on any atom is 0.305 e. The van der Waals surface area contributed by atoms with Gasteiger partial charge in [-0.2, -0.15) is 5.10 Å². The highest BCUT2D eigenvalue weighted by molar-refractivity contribution is 6.06. The van der Waals surface area contributed by atoms with Crippen molar-refractivity contribution < 1.29 is 34.0 Å². The van der Waals surface area contributed by atoms with E-state index in [2.05, 4.69) is 0 Å². The van der Waals surface area contributed by atoms with Gasteiger partial charge in [-0.1, -0.05) is 19.9 Å². The fourth-order valence-electron chi connectivity index (χ4n) is 4.64. The predicted octanol–water partition coefficient (Wildman–Crippen LogP) is 4.33. The van der Waals surface area contributed by atoms with E-state index in [0.717, 1.165) is 0 Å². The maximum absolute atomic E-state index is 13.9. The van der Waals surface area contributed by atoms with Crippen molar-refractivity contribution in [3.05, 3.63) is 71.3 Å². The highest BCUT2D eigenvalue weighted by Crippen LogP contribution is 2.31. The Morgan fingerprint density at radius 1 is 1.10 bits per heavy atom. The molecule has 0 saturated heterocycles. The molecule has 0 radical (unpaired) electrons. The zero-order chi connectivity index (χ0) is 28.7. The molecule has 9 nitrogen and oxygen atoms in total. The number of amides is 1. The summed E-state index contributed by atoms with van der Waals surface area (Å²) in [6, 6.07) is 12.9. The van der Waals surface area contributed by atoms with Gasteiger partial charge in [0.05, 0.1) is 31.4 Å². The molecule has 3 N–H and O–H groups in total. The zero-order valence-corrected chi connectivity index (χ0v) is 22.7. The van der Waals surface area contributed by atoms with Crippen LogP contribution in [0.5, 0.6) is 5.75 Å². The van der Waals surface area contributed by atoms with E-state index >= 15 is 0 Å². The minimum atomic E-state index is -1.18. The molecule has 10 heteroatoms. The molecule has 3 rings (SSSR count). The molecule has 0 unspecified atom stereocenters. The number of ether oxygens (including phenoxy) is 1. The number of nitrogens with zero attached hydrogens (tertiary/aromatic N) is 3. The molecular formula is C29H36FN3O6. The Morgan fingerprint density at radius 3 is 2.38 bits per heavy atom. The first-order valence-corrected chi connectivity index (χ1v) is 13.0. The molecule has 0 fully saturated rings. The van der Waals surface area contributed by atoms with E-state index in [1.807, 2.05) is 26.8 Å². The molecular weight excluding hydrogens is 505 g/mol. The number of aliphatic hydroxyl groups excluding tert-OH is 2. The minimum Gasteiger partial charge on any atom is -0.497 e. The van der Waals surface area contributed by atoms with E-state index in [1.165, 1.54) is 12.1 Å². The second-order valence-corrected chi connectivity index (χ2v) is 9.68. The summed E-state index contributed by atoms with van der Waals surface area (Å²) in [5, 5.41) is 34.1. The van der Waals surface area contributed by atoms with E-state index in [9.17, 15) is 24.2 Å². The molecule has 0 bridgehead atoms. The number of rotatable bonds is 13. The van der Waals surface area contributed by atoms with Crippen LogP contribution in [-0.4, -0.2) is 62.8 Å². The van der Waals surface area contributed by atoms with Gasteiger partial charge < -0.3 is 25.0 Å². The summed E-state index contributed by atoms with van der Waals surface area (Å²) < 4.78 is 20.6. The number of halogens is 1. The molecule has 2 atom stereocenters. The van der Waals surface area contributed by atoms with Crippen LogP contribution in [0.4, 0.5) is 10.1 Å². The Bertz CT molecular complexity index is 1270. The van der Waals surface area contributed by atoms with Crippen molar-refractivity contribution >= 4 is 17.6 Å². The van der Waals surface area contributed by atoms with Gasteiger partial charge >= 0.3 is 5.97 Å². The van der Waals surface area contributed by atoms with Crippen LogP contribution >= 0.6 is 0 Å². The Morgan fingerprint density at radius 2 is 1.79 bits per heavy atom. The molecule has 0 saturated carbocycles. The average molecular weight is 542 g/mol. The number of carboxylic acid groups (broad SMARTS) is 1. The molecule has 0 aliphatic carbocycles. The molecule has 1 aromatic heterocycles. The van der Waals surface area contributed by atoms with Crippen molar-refractivity contribution in [2.45, 2.75) is 64.6 Å². The number of carboxylic acids is 1. The summed E-state index contributed by atoms with van der Waals surface area (Å²) in [5.41, 5.74) is 2.82. The Balaban J connectivity index is 2.04. The van der Waals surface area contributed by atoms with Gasteiger partial charge in [0.1, 0.15) is 11.6 Å². The predicted molar refractivity (Wildman–Crippen MR) is 145 cm³/mol. The van der Waals surface area contributed by atoms with Gasteiger partial charge in [-0.25, -0.2) is 9.07 Å². The number of methoxy groups -OCH3 is 1. The summed E-state index contributed by atoms with van der Waals surface area (Å²) in [5.74, 6) is -1.38. The third-order valence-electron chi connectivity index (χ3n) is 6.47. The van der Waals surface area contributed by atoms with Gasteiger partial charge in [-0.15, -0.1) is 0 Å².